The van der Waals surface area contributed by atoms with Gasteiger partial charge in [-0.25, -0.2) is 14.4 Å². The first-order valence-electron chi connectivity index (χ1n) is 16.9. The summed E-state index contributed by atoms with van der Waals surface area (Å²) in [5.41, 5.74) is 2.45. The predicted octanol–water partition coefficient (Wildman–Crippen LogP) is 10.4. The summed E-state index contributed by atoms with van der Waals surface area (Å²) in [7, 11) is 0. The minimum atomic E-state index is -6.62. The molecule has 3 aromatic rings. The first-order chi connectivity index (χ1) is 24.6. The summed E-state index contributed by atoms with van der Waals surface area (Å²) in [6.45, 7) is 3.51. The fourth-order valence-electron chi connectivity index (χ4n) is 4.85. The molecule has 0 bridgehead atoms. The molecular formula is C38H41F7O7. The number of carbonyl (C=O) groups excluding carboxylic acids is 3. The van der Waals surface area contributed by atoms with E-state index in [9.17, 15) is 45.1 Å². The van der Waals surface area contributed by atoms with E-state index in [4.69, 9.17) is 14.2 Å². The van der Waals surface area contributed by atoms with E-state index < -0.39 is 36.6 Å². The number of esters is 3. The van der Waals surface area contributed by atoms with Crippen molar-refractivity contribution >= 4 is 17.9 Å². The van der Waals surface area contributed by atoms with Gasteiger partial charge in [-0.2, -0.15) is 30.7 Å². The molecule has 14 heteroatoms. The maximum absolute atomic E-state index is 13.2. The Hall–Kier alpha value is -4.62. The molecular weight excluding hydrogens is 701 g/mol. The van der Waals surface area contributed by atoms with Crippen molar-refractivity contribution in [3.63, 3.8) is 0 Å². The quantitative estimate of drug-likeness (QED) is 0.0493. The van der Waals surface area contributed by atoms with Gasteiger partial charge in [0.15, 0.2) is 0 Å². The summed E-state index contributed by atoms with van der Waals surface area (Å²) in [4.78, 5) is 36.3. The zero-order valence-electron chi connectivity index (χ0n) is 28.8. The molecule has 0 N–H and O–H groups in total. The molecule has 0 aliphatic rings. The van der Waals surface area contributed by atoms with Crippen LogP contribution in [0, 0.1) is 0 Å². The minimum absolute atomic E-state index is 0.0388. The third kappa shape index (κ3) is 12.0. The smallest absolute Gasteiger partial charge is 0.460 e. The summed E-state index contributed by atoms with van der Waals surface area (Å²) in [6.07, 6.45) is -0.305. The highest BCUT2D eigenvalue weighted by Crippen LogP contribution is 2.47. The van der Waals surface area contributed by atoms with Crippen molar-refractivity contribution in [2.24, 2.45) is 0 Å². The molecule has 284 valence electrons. The monoisotopic (exact) mass is 742 g/mol. The molecule has 0 heterocycles. The van der Waals surface area contributed by atoms with Gasteiger partial charge in [0.25, 0.3) is 0 Å². The van der Waals surface area contributed by atoms with E-state index in [1.807, 2.05) is 19.1 Å². The van der Waals surface area contributed by atoms with Crippen molar-refractivity contribution < 1.29 is 64.1 Å². The number of hydrogen-bond acceptors (Lipinski definition) is 7. The number of hydrogen-bond donors (Lipinski definition) is 0. The van der Waals surface area contributed by atoms with Crippen LogP contribution in [0.5, 0.6) is 11.5 Å². The molecule has 0 saturated heterocycles. The second-order valence-electron chi connectivity index (χ2n) is 12.1. The summed E-state index contributed by atoms with van der Waals surface area (Å²) in [5, 5.41) is 0. The van der Waals surface area contributed by atoms with E-state index in [-0.39, 0.29) is 30.7 Å². The highest BCUT2D eigenvalue weighted by atomic mass is 19.4. The van der Waals surface area contributed by atoms with Crippen LogP contribution in [0.2, 0.25) is 0 Å². The van der Waals surface area contributed by atoms with Gasteiger partial charge in [0.2, 0.25) is 0 Å². The zero-order chi connectivity index (χ0) is 38.4. The molecule has 0 unspecified atom stereocenters. The maximum atomic E-state index is 13.2. The number of ether oxygens (including phenoxy) is 4. The van der Waals surface area contributed by atoms with Crippen LogP contribution in [-0.4, -0.2) is 55.2 Å². The Balaban J connectivity index is 1.36. The Labute approximate surface area is 297 Å². The van der Waals surface area contributed by atoms with Crippen LogP contribution in [0.4, 0.5) is 30.7 Å². The van der Waals surface area contributed by atoms with Crippen molar-refractivity contribution in [1.82, 2.24) is 0 Å². The first kappa shape index (κ1) is 41.8. The Morgan fingerprint density at radius 1 is 0.615 bits per heavy atom. The van der Waals surface area contributed by atoms with Crippen LogP contribution >= 0.6 is 0 Å². The van der Waals surface area contributed by atoms with E-state index in [1.54, 1.807) is 48.5 Å². The fourth-order valence-corrected chi connectivity index (χ4v) is 4.85. The molecule has 1 atom stereocenters. The van der Waals surface area contributed by atoms with E-state index in [0.717, 1.165) is 36.8 Å². The van der Waals surface area contributed by atoms with E-state index in [2.05, 4.69) is 11.7 Å². The Kier molecular flexibility index (Phi) is 15.5. The third-order valence-corrected chi connectivity index (χ3v) is 7.93. The SMILES string of the molecule is CCCCCC[C@H](C)OC(=O)c1ccc(-c2ccc(OC(=O)c3ccc(OCCCCCCOC(=O)C(F)(F)C(F)(F)C(F)(F)F)cc3)cc2)cc1. The van der Waals surface area contributed by atoms with Crippen LogP contribution in [0.25, 0.3) is 11.1 Å². The molecule has 0 aliphatic heterocycles. The van der Waals surface area contributed by atoms with Crippen LogP contribution in [0.15, 0.2) is 72.8 Å². The number of rotatable bonds is 20. The van der Waals surface area contributed by atoms with Crippen molar-refractivity contribution in [3.05, 3.63) is 83.9 Å². The van der Waals surface area contributed by atoms with Crippen molar-refractivity contribution in [3.8, 4) is 22.6 Å². The third-order valence-electron chi connectivity index (χ3n) is 7.93. The van der Waals surface area contributed by atoms with Gasteiger partial charge < -0.3 is 18.9 Å². The average molecular weight is 743 g/mol. The summed E-state index contributed by atoms with van der Waals surface area (Å²) in [5.74, 6) is -15.7. The number of unbranched alkanes of at least 4 members (excludes halogenated alkanes) is 6. The van der Waals surface area contributed by atoms with E-state index in [0.29, 0.717) is 36.3 Å². The Morgan fingerprint density at radius 2 is 1.12 bits per heavy atom. The molecule has 0 spiro atoms. The second kappa shape index (κ2) is 19.3. The van der Waals surface area contributed by atoms with Gasteiger partial charge in [0.05, 0.1) is 30.4 Å². The molecule has 0 aromatic heterocycles. The highest BCUT2D eigenvalue weighted by molar-refractivity contribution is 5.91. The first-order valence-corrected chi connectivity index (χ1v) is 16.9. The number of carbonyl (C=O) groups is 3. The second-order valence-corrected chi connectivity index (χ2v) is 12.1. The van der Waals surface area contributed by atoms with E-state index >= 15 is 0 Å². The maximum Gasteiger partial charge on any atom is 0.460 e. The minimum Gasteiger partial charge on any atom is -0.494 e. The number of benzene rings is 3. The van der Waals surface area contributed by atoms with Crippen LogP contribution in [-0.2, 0) is 14.3 Å². The number of alkyl halides is 7. The molecule has 3 aromatic carbocycles. The van der Waals surface area contributed by atoms with Gasteiger partial charge in [-0.1, -0.05) is 50.5 Å². The van der Waals surface area contributed by atoms with Gasteiger partial charge in [-0.05, 0) is 105 Å². The molecule has 0 radical (unpaired) electrons. The van der Waals surface area contributed by atoms with Crippen LogP contribution in [0.3, 0.4) is 0 Å². The molecule has 3 rings (SSSR count). The summed E-state index contributed by atoms with van der Waals surface area (Å²) >= 11 is 0. The number of halogens is 7. The topological polar surface area (TPSA) is 88.1 Å². The molecule has 0 amide bonds. The van der Waals surface area contributed by atoms with Crippen molar-refractivity contribution in [2.75, 3.05) is 13.2 Å². The fraction of sp³-hybridized carbons (Fsp3) is 0.447. The standard InChI is InChI=1S/C38H41F7O7/c1-3-4-5-8-11-26(2)51-33(46)29-14-12-27(13-15-29)28-16-22-32(23-17-28)52-34(47)30-18-20-31(21-19-30)49-24-9-6-7-10-25-50-35(48)36(39,40)37(41,42)38(43,44)45/h12-23,26H,3-11,24-25H2,1-2H3/t26-/m0/s1. The largest absolute Gasteiger partial charge is 0.494 e. The lowest BCUT2D eigenvalue weighted by Gasteiger charge is -2.26. The van der Waals surface area contributed by atoms with Crippen LogP contribution in [0.1, 0.15) is 92.4 Å². The van der Waals surface area contributed by atoms with Gasteiger partial charge in [0, 0.05) is 0 Å². The highest BCUT2D eigenvalue weighted by Gasteiger charge is 2.77. The van der Waals surface area contributed by atoms with Gasteiger partial charge in [-0.15, -0.1) is 0 Å². The predicted molar refractivity (Wildman–Crippen MR) is 178 cm³/mol. The average Bonchev–Trinajstić information content (AvgIpc) is 3.11. The Bertz CT molecular complexity index is 1570. The molecule has 0 fully saturated rings. The summed E-state index contributed by atoms with van der Waals surface area (Å²) < 4.78 is 109. The lowest BCUT2D eigenvalue weighted by atomic mass is 10.0. The zero-order valence-corrected chi connectivity index (χ0v) is 28.8. The van der Waals surface area contributed by atoms with Crippen LogP contribution < -0.4 is 9.47 Å². The normalized spacial score (nSPS) is 12.6. The lowest BCUT2D eigenvalue weighted by molar-refractivity contribution is -0.348. The van der Waals surface area contributed by atoms with Gasteiger partial charge in [0.1, 0.15) is 11.5 Å². The molecule has 52 heavy (non-hydrogen) atoms. The molecule has 0 aliphatic carbocycles. The van der Waals surface area contributed by atoms with E-state index in [1.165, 1.54) is 18.6 Å². The van der Waals surface area contributed by atoms with Gasteiger partial charge >= 0.3 is 35.9 Å². The molecule has 0 saturated carbocycles. The Morgan fingerprint density at radius 3 is 1.69 bits per heavy atom. The molecule has 7 nitrogen and oxygen atoms in total. The van der Waals surface area contributed by atoms with Crippen molar-refractivity contribution in [1.29, 1.82) is 0 Å². The lowest BCUT2D eigenvalue weighted by Crippen LogP contribution is -2.56. The van der Waals surface area contributed by atoms with Crippen molar-refractivity contribution in [2.45, 2.75) is 95.8 Å². The summed E-state index contributed by atoms with van der Waals surface area (Å²) in [6, 6.07) is 20.1. The van der Waals surface area contributed by atoms with Gasteiger partial charge in [-0.3, -0.25) is 0 Å².